The number of hydrogen-bond acceptors (Lipinski definition) is 2. The maximum Gasteiger partial charge on any atom is 0.228 e. The van der Waals surface area contributed by atoms with Gasteiger partial charge in [-0.2, -0.15) is 0 Å². The van der Waals surface area contributed by atoms with Gasteiger partial charge in [0.15, 0.2) is 0 Å². The lowest BCUT2D eigenvalue weighted by Gasteiger charge is -2.07. The van der Waals surface area contributed by atoms with Gasteiger partial charge in [-0.3, -0.25) is 4.79 Å². The zero-order valence-corrected chi connectivity index (χ0v) is 13.1. The third kappa shape index (κ3) is 3.10. The minimum absolute atomic E-state index is 0.0286. The number of methoxy groups -OCH3 is 1. The number of halogens is 2. The second-order valence-corrected chi connectivity index (χ2v) is 6.51. The first kappa shape index (κ1) is 15.2. The first-order chi connectivity index (χ1) is 9.36. The molecule has 1 N–H and O–H groups in total. The Morgan fingerprint density at radius 1 is 1.40 bits per heavy atom. The van der Waals surface area contributed by atoms with Crippen LogP contribution in [0.1, 0.15) is 13.8 Å². The molecule has 1 aromatic rings. The summed E-state index contributed by atoms with van der Waals surface area (Å²) in [6, 6.07) is 7.27. The zero-order valence-electron chi connectivity index (χ0n) is 11.6. The predicted molar refractivity (Wildman–Crippen MR) is 82.2 cm³/mol. The van der Waals surface area contributed by atoms with Gasteiger partial charge < -0.3 is 10.1 Å². The summed E-state index contributed by atoms with van der Waals surface area (Å²) < 4.78 is 5.34. The summed E-state index contributed by atoms with van der Waals surface area (Å²) in [5, 5.41) is 2.90. The van der Waals surface area contributed by atoms with E-state index in [1.807, 2.05) is 32.0 Å². The molecule has 2 atom stereocenters. The molecule has 5 heteroatoms. The monoisotopic (exact) mass is 313 g/mol. The molecule has 20 heavy (non-hydrogen) atoms. The molecule has 3 nitrogen and oxygen atoms in total. The Hall–Kier alpha value is -1.19. The van der Waals surface area contributed by atoms with E-state index in [0.29, 0.717) is 5.75 Å². The lowest BCUT2D eigenvalue weighted by molar-refractivity contribution is -0.118. The number of carbonyl (C=O) groups excluding carboxylic acids is 1. The van der Waals surface area contributed by atoms with Crippen LogP contribution < -0.4 is 10.1 Å². The third-order valence-corrected chi connectivity index (χ3v) is 4.09. The fourth-order valence-corrected chi connectivity index (χ4v) is 2.82. The van der Waals surface area contributed by atoms with Crippen molar-refractivity contribution in [2.75, 3.05) is 12.4 Å². The molecule has 2 rings (SSSR count). The van der Waals surface area contributed by atoms with Gasteiger partial charge in [-0.15, -0.1) is 0 Å². The lowest BCUT2D eigenvalue weighted by Crippen LogP contribution is -2.16. The number of allylic oxidation sites excluding steroid dienone is 1. The van der Waals surface area contributed by atoms with Crippen molar-refractivity contribution in [2.24, 2.45) is 17.3 Å². The van der Waals surface area contributed by atoms with E-state index in [9.17, 15) is 4.79 Å². The van der Waals surface area contributed by atoms with Crippen LogP contribution in [0.4, 0.5) is 5.69 Å². The standard InChI is InChI=1S/C15H17Cl2NO2/c1-15(2)11(8-12(16)17)13(15)14(19)18-9-5-4-6-10(7-9)20-3/h4-8,11,13H,1-3H3,(H,18,19)/t11-,13-/m0/s1. The van der Waals surface area contributed by atoms with Crippen LogP contribution in [0.5, 0.6) is 5.75 Å². The van der Waals surface area contributed by atoms with E-state index in [2.05, 4.69) is 5.32 Å². The maximum absolute atomic E-state index is 12.3. The number of nitrogens with one attached hydrogen (secondary N) is 1. The third-order valence-electron chi connectivity index (χ3n) is 3.84. The first-order valence-corrected chi connectivity index (χ1v) is 7.09. The van der Waals surface area contributed by atoms with Crippen molar-refractivity contribution < 1.29 is 9.53 Å². The van der Waals surface area contributed by atoms with Crippen LogP contribution in [0.15, 0.2) is 34.8 Å². The van der Waals surface area contributed by atoms with Crippen LogP contribution >= 0.6 is 23.2 Å². The van der Waals surface area contributed by atoms with E-state index < -0.39 is 0 Å². The predicted octanol–water partition coefficient (Wildman–Crippen LogP) is 4.22. The summed E-state index contributed by atoms with van der Waals surface area (Å²) in [5.74, 6) is 0.622. The molecule has 0 heterocycles. The second kappa shape index (κ2) is 5.66. The Morgan fingerprint density at radius 2 is 2.10 bits per heavy atom. The highest BCUT2D eigenvalue weighted by Crippen LogP contribution is 2.60. The molecule has 0 bridgehead atoms. The Bertz CT molecular complexity index is 551. The summed E-state index contributed by atoms with van der Waals surface area (Å²) in [5.41, 5.74) is 0.592. The largest absolute Gasteiger partial charge is 0.497 e. The van der Waals surface area contributed by atoms with Gasteiger partial charge in [-0.1, -0.05) is 43.1 Å². The normalized spacial score (nSPS) is 22.9. The van der Waals surface area contributed by atoms with E-state index in [4.69, 9.17) is 27.9 Å². The van der Waals surface area contributed by atoms with Crippen LogP contribution in [0.25, 0.3) is 0 Å². The van der Waals surface area contributed by atoms with Crippen LogP contribution in [0.2, 0.25) is 0 Å². The minimum Gasteiger partial charge on any atom is -0.497 e. The van der Waals surface area contributed by atoms with Crippen LogP contribution in [-0.2, 0) is 4.79 Å². The van der Waals surface area contributed by atoms with Crippen molar-refractivity contribution in [1.82, 2.24) is 0 Å². The first-order valence-electron chi connectivity index (χ1n) is 6.34. The van der Waals surface area contributed by atoms with E-state index in [-0.39, 0.29) is 27.6 Å². The van der Waals surface area contributed by atoms with Crippen LogP contribution in [0.3, 0.4) is 0 Å². The number of benzene rings is 1. The highest BCUT2D eigenvalue weighted by molar-refractivity contribution is 6.55. The molecule has 1 fully saturated rings. The molecule has 0 saturated heterocycles. The van der Waals surface area contributed by atoms with Gasteiger partial charge in [0.1, 0.15) is 10.2 Å². The average molecular weight is 314 g/mol. The lowest BCUT2D eigenvalue weighted by atomic mass is 10.1. The van der Waals surface area contributed by atoms with Crippen LogP contribution in [-0.4, -0.2) is 13.0 Å². The van der Waals surface area contributed by atoms with E-state index in [0.717, 1.165) is 5.69 Å². The fraction of sp³-hybridized carbons (Fsp3) is 0.400. The quantitative estimate of drug-likeness (QED) is 0.903. The van der Waals surface area contributed by atoms with Crippen molar-refractivity contribution in [1.29, 1.82) is 0 Å². The topological polar surface area (TPSA) is 38.3 Å². The van der Waals surface area contributed by atoms with Gasteiger partial charge in [0, 0.05) is 11.8 Å². The Balaban J connectivity index is 2.08. The highest BCUT2D eigenvalue weighted by Gasteiger charge is 2.60. The number of carbonyl (C=O) groups is 1. The molecule has 0 unspecified atom stereocenters. The smallest absolute Gasteiger partial charge is 0.228 e. The number of amides is 1. The molecule has 0 aromatic heterocycles. The summed E-state index contributed by atoms with van der Waals surface area (Å²) >= 11 is 11.4. The van der Waals surface area contributed by atoms with Crippen molar-refractivity contribution in [3.05, 3.63) is 34.8 Å². The second-order valence-electron chi connectivity index (χ2n) is 5.50. The number of ether oxygens (including phenoxy) is 1. The van der Waals surface area contributed by atoms with Gasteiger partial charge in [0.05, 0.1) is 13.0 Å². The molecular formula is C15H17Cl2NO2. The van der Waals surface area contributed by atoms with Crippen molar-refractivity contribution >= 4 is 34.8 Å². The minimum atomic E-state index is -0.127. The highest BCUT2D eigenvalue weighted by atomic mass is 35.5. The van der Waals surface area contributed by atoms with E-state index >= 15 is 0 Å². The summed E-state index contributed by atoms with van der Waals surface area (Å²) in [6.07, 6.45) is 1.74. The number of hydrogen-bond donors (Lipinski definition) is 1. The van der Waals surface area contributed by atoms with Crippen molar-refractivity contribution in [3.63, 3.8) is 0 Å². The van der Waals surface area contributed by atoms with Crippen molar-refractivity contribution in [3.8, 4) is 5.75 Å². The summed E-state index contributed by atoms with van der Waals surface area (Å²) in [6.45, 7) is 4.06. The Morgan fingerprint density at radius 3 is 2.70 bits per heavy atom. The number of rotatable bonds is 4. The van der Waals surface area contributed by atoms with E-state index in [1.54, 1.807) is 19.3 Å². The van der Waals surface area contributed by atoms with Gasteiger partial charge in [0.2, 0.25) is 5.91 Å². The molecule has 0 aliphatic heterocycles. The van der Waals surface area contributed by atoms with Gasteiger partial charge in [-0.05, 0) is 29.5 Å². The fourth-order valence-electron chi connectivity index (χ4n) is 2.55. The van der Waals surface area contributed by atoms with Crippen LogP contribution in [0, 0.1) is 17.3 Å². The summed E-state index contributed by atoms with van der Waals surface area (Å²) in [4.78, 5) is 12.3. The Kier molecular flexibility index (Phi) is 4.31. The molecule has 108 valence electrons. The SMILES string of the molecule is COc1cccc(NC(=O)[C@@H]2[C@H](C=C(Cl)Cl)C2(C)C)c1. The van der Waals surface area contributed by atoms with Gasteiger partial charge in [0.25, 0.3) is 0 Å². The zero-order chi connectivity index (χ0) is 14.9. The molecule has 0 spiro atoms. The number of anilines is 1. The molecule has 1 aliphatic carbocycles. The molecule has 1 amide bonds. The maximum atomic E-state index is 12.3. The van der Waals surface area contributed by atoms with Gasteiger partial charge >= 0.3 is 0 Å². The summed E-state index contributed by atoms with van der Waals surface area (Å²) in [7, 11) is 1.59. The molecule has 1 aromatic carbocycles. The molecule has 1 aliphatic rings. The van der Waals surface area contributed by atoms with Gasteiger partial charge in [-0.25, -0.2) is 0 Å². The Labute approximate surface area is 128 Å². The molecule has 0 radical (unpaired) electrons. The van der Waals surface area contributed by atoms with E-state index in [1.165, 1.54) is 0 Å². The molecular weight excluding hydrogens is 297 g/mol. The average Bonchev–Trinajstić information content (AvgIpc) is 2.90. The van der Waals surface area contributed by atoms with Crippen molar-refractivity contribution in [2.45, 2.75) is 13.8 Å². The molecule has 1 saturated carbocycles.